The molecule has 2 amide bonds. The number of hydrogen-bond acceptors (Lipinski definition) is 8. The topological polar surface area (TPSA) is 95.5 Å². The van der Waals surface area contributed by atoms with E-state index < -0.39 is 17.6 Å². The Bertz CT molecular complexity index is 1300. The van der Waals surface area contributed by atoms with Crippen LogP contribution in [0, 0.1) is 5.82 Å². The molecule has 2 aromatic rings. The van der Waals surface area contributed by atoms with Crippen LogP contribution >= 0.6 is 0 Å². The number of benzene rings is 1. The third-order valence-corrected chi connectivity index (χ3v) is 8.38. The number of likely N-dealkylation sites (tertiary alicyclic amines) is 1. The summed E-state index contributed by atoms with van der Waals surface area (Å²) in [6, 6.07) is 8.10. The monoisotopic (exact) mass is 567 g/mol. The second-order valence-electron chi connectivity index (χ2n) is 11.2. The van der Waals surface area contributed by atoms with Crippen molar-refractivity contribution >= 4 is 23.4 Å². The van der Waals surface area contributed by atoms with Gasteiger partial charge in [0.1, 0.15) is 23.9 Å². The summed E-state index contributed by atoms with van der Waals surface area (Å²) in [6.07, 6.45) is 1.78. The van der Waals surface area contributed by atoms with Crippen LogP contribution < -0.4 is 9.64 Å². The van der Waals surface area contributed by atoms with Crippen LogP contribution in [-0.2, 0) is 20.9 Å². The minimum absolute atomic E-state index is 0.0539. The highest BCUT2D eigenvalue weighted by Crippen LogP contribution is 2.39. The van der Waals surface area contributed by atoms with Crippen molar-refractivity contribution in [1.82, 2.24) is 19.7 Å². The Hall–Kier alpha value is -3.57. The van der Waals surface area contributed by atoms with Crippen molar-refractivity contribution in [2.75, 3.05) is 58.6 Å². The molecule has 1 aromatic carbocycles. The summed E-state index contributed by atoms with van der Waals surface area (Å²) < 4.78 is 24.3. The van der Waals surface area contributed by atoms with Crippen LogP contribution in [0.2, 0.25) is 0 Å². The lowest BCUT2D eigenvalue weighted by Crippen LogP contribution is -2.57. The van der Waals surface area contributed by atoms with Crippen LogP contribution in [-0.4, -0.2) is 103 Å². The zero-order valence-electron chi connectivity index (χ0n) is 24.1. The molecule has 3 aliphatic heterocycles. The SMILES string of the molecule is COCN1CC(C(=O)C(=O)N2CCCC2)c2cc(C(=O)N3C[C@H](C)N(Cc4ccc(F)cc4)C[C@H]3C)c(OC)nc21. The molecule has 1 unspecified atom stereocenters. The summed E-state index contributed by atoms with van der Waals surface area (Å²) in [4.78, 5) is 52.6. The van der Waals surface area contributed by atoms with E-state index in [0.29, 0.717) is 44.1 Å². The lowest BCUT2D eigenvalue weighted by molar-refractivity contribution is -0.144. The van der Waals surface area contributed by atoms with Crippen LogP contribution in [0.3, 0.4) is 0 Å². The maximum atomic E-state index is 14.0. The normalized spacial score (nSPS) is 22.7. The molecule has 0 N–H and O–H groups in total. The molecule has 1 aromatic heterocycles. The van der Waals surface area contributed by atoms with Gasteiger partial charge in [-0.2, -0.15) is 4.98 Å². The molecule has 0 spiro atoms. The third kappa shape index (κ3) is 5.78. The molecule has 3 atom stereocenters. The molecule has 220 valence electrons. The standard InChI is InChI=1S/C30H38FN5O5/c1-19-15-36(20(2)14-34(19)16-21-7-9-22(31)10-8-21)29(38)24-13-23-25(26(37)30(39)33-11-5-6-12-33)17-35(18-40-3)27(23)32-28(24)41-4/h7-10,13,19-20,25H,5-6,11-12,14-18H2,1-4H3/t19-,20+,25?/m0/s1. The van der Waals surface area contributed by atoms with Gasteiger partial charge in [0, 0.05) is 64.0 Å². The van der Waals surface area contributed by atoms with E-state index >= 15 is 0 Å². The molecule has 41 heavy (non-hydrogen) atoms. The van der Waals surface area contributed by atoms with Gasteiger partial charge in [-0.05, 0) is 50.5 Å². The first-order valence-corrected chi connectivity index (χ1v) is 14.2. The molecule has 11 heteroatoms. The van der Waals surface area contributed by atoms with Crippen LogP contribution in [0.15, 0.2) is 30.3 Å². The van der Waals surface area contributed by atoms with Gasteiger partial charge in [0.05, 0.1) is 13.0 Å². The largest absolute Gasteiger partial charge is 0.480 e. The van der Waals surface area contributed by atoms with E-state index in [4.69, 9.17) is 9.47 Å². The second-order valence-corrected chi connectivity index (χ2v) is 11.2. The first-order valence-electron chi connectivity index (χ1n) is 14.2. The van der Waals surface area contributed by atoms with Gasteiger partial charge in [-0.3, -0.25) is 19.3 Å². The highest BCUT2D eigenvalue weighted by molar-refractivity contribution is 6.38. The maximum Gasteiger partial charge on any atom is 0.290 e. The number of rotatable bonds is 8. The van der Waals surface area contributed by atoms with Gasteiger partial charge >= 0.3 is 0 Å². The van der Waals surface area contributed by atoms with E-state index in [0.717, 1.165) is 18.4 Å². The van der Waals surface area contributed by atoms with Crippen molar-refractivity contribution in [3.8, 4) is 5.88 Å². The van der Waals surface area contributed by atoms with E-state index in [2.05, 4.69) is 16.8 Å². The number of ether oxygens (including phenoxy) is 2. The van der Waals surface area contributed by atoms with E-state index in [1.54, 1.807) is 35.1 Å². The van der Waals surface area contributed by atoms with Gasteiger partial charge < -0.3 is 24.2 Å². The lowest BCUT2D eigenvalue weighted by atomic mass is 9.95. The Morgan fingerprint density at radius 2 is 1.71 bits per heavy atom. The maximum absolute atomic E-state index is 14.0. The highest BCUT2D eigenvalue weighted by Gasteiger charge is 2.42. The van der Waals surface area contributed by atoms with E-state index in [9.17, 15) is 18.8 Å². The predicted octanol–water partition coefficient (Wildman–Crippen LogP) is 2.66. The number of Topliss-reactive ketones (excluding diaryl/α,β-unsaturated/α-hetero) is 1. The molecule has 0 saturated carbocycles. The number of methoxy groups -OCH3 is 2. The predicted molar refractivity (Wildman–Crippen MR) is 150 cm³/mol. The molecule has 0 radical (unpaired) electrons. The summed E-state index contributed by atoms with van der Waals surface area (Å²) >= 11 is 0. The first-order chi connectivity index (χ1) is 19.7. The quantitative estimate of drug-likeness (QED) is 0.450. The number of fused-ring (bicyclic) bond motifs is 1. The number of piperazine rings is 1. The molecule has 4 heterocycles. The number of nitrogens with zero attached hydrogens (tertiary/aromatic N) is 5. The Morgan fingerprint density at radius 3 is 2.37 bits per heavy atom. The number of hydrogen-bond donors (Lipinski definition) is 0. The fourth-order valence-corrected chi connectivity index (χ4v) is 6.13. The van der Waals surface area contributed by atoms with Crippen molar-refractivity contribution in [3.63, 3.8) is 0 Å². The number of ketones is 1. The van der Waals surface area contributed by atoms with Crippen LogP contribution in [0.25, 0.3) is 0 Å². The van der Waals surface area contributed by atoms with Gasteiger partial charge in [-0.25, -0.2) is 4.39 Å². The van der Waals surface area contributed by atoms with Crippen molar-refractivity contribution in [2.24, 2.45) is 0 Å². The molecule has 2 saturated heterocycles. The van der Waals surface area contributed by atoms with Gasteiger partial charge in [0.15, 0.2) is 0 Å². The average Bonchev–Trinajstić information content (AvgIpc) is 3.63. The number of carbonyl (C=O) groups excluding carboxylic acids is 3. The molecule has 10 nitrogen and oxygen atoms in total. The van der Waals surface area contributed by atoms with Gasteiger partial charge in [0.2, 0.25) is 11.7 Å². The minimum Gasteiger partial charge on any atom is -0.480 e. The molecule has 0 aliphatic carbocycles. The summed E-state index contributed by atoms with van der Waals surface area (Å²) in [5.41, 5.74) is 1.82. The second kappa shape index (κ2) is 12.1. The summed E-state index contributed by atoms with van der Waals surface area (Å²) in [7, 11) is 3.02. The van der Waals surface area contributed by atoms with Crippen LogP contribution in [0.5, 0.6) is 5.88 Å². The zero-order chi connectivity index (χ0) is 29.3. The Morgan fingerprint density at radius 1 is 1.00 bits per heavy atom. The third-order valence-electron chi connectivity index (χ3n) is 8.38. The molecule has 0 bridgehead atoms. The number of aromatic nitrogens is 1. The summed E-state index contributed by atoms with van der Waals surface area (Å²) in [5, 5.41) is 0. The van der Waals surface area contributed by atoms with E-state index in [-0.39, 0.29) is 48.5 Å². The number of carbonyl (C=O) groups is 3. The van der Waals surface area contributed by atoms with Crippen LogP contribution in [0.4, 0.5) is 10.2 Å². The number of amides is 2. The fourth-order valence-electron chi connectivity index (χ4n) is 6.13. The first kappa shape index (κ1) is 28.9. The van der Waals surface area contributed by atoms with Crippen molar-refractivity contribution in [3.05, 3.63) is 52.8 Å². The van der Waals surface area contributed by atoms with Crippen molar-refractivity contribution < 1.29 is 28.2 Å². The number of anilines is 1. The van der Waals surface area contributed by atoms with E-state index in [1.165, 1.54) is 19.2 Å². The zero-order valence-corrected chi connectivity index (χ0v) is 24.1. The van der Waals surface area contributed by atoms with Gasteiger partial charge in [0.25, 0.3) is 11.8 Å². The Kier molecular flexibility index (Phi) is 8.55. The average molecular weight is 568 g/mol. The Labute approximate surface area is 240 Å². The number of pyridine rings is 1. The fraction of sp³-hybridized carbons (Fsp3) is 0.533. The smallest absolute Gasteiger partial charge is 0.290 e. The van der Waals surface area contributed by atoms with Crippen molar-refractivity contribution in [1.29, 1.82) is 0 Å². The molecule has 3 aliphatic rings. The summed E-state index contributed by atoms with van der Waals surface area (Å²) in [5.74, 6) is -1.57. The van der Waals surface area contributed by atoms with E-state index in [1.807, 2.05) is 11.8 Å². The van der Waals surface area contributed by atoms with Crippen molar-refractivity contribution in [2.45, 2.75) is 51.2 Å². The molecule has 2 fully saturated rings. The molecular weight excluding hydrogens is 529 g/mol. The molecule has 5 rings (SSSR count). The van der Waals surface area contributed by atoms with Gasteiger partial charge in [-0.15, -0.1) is 0 Å². The number of halogens is 1. The molecular formula is C30H38FN5O5. The van der Waals surface area contributed by atoms with Gasteiger partial charge in [-0.1, -0.05) is 12.1 Å². The highest BCUT2D eigenvalue weighted by atomic mass is 19.1. The Balaban J connectivity index is 1.40. The minimum atomic E-state index is -0.748. The lowest BCUT2D eigenvalue weighted by Gasteiger charge is -2.44. The van der Waals surface area contributed by atoms with Crippen LogP contribution in [0.1, 0.15) is 54.1 Å². The summed E-state index contributed by atoms with van der Waals surface area (Å²) in [6.45, 7) is 7.42.